The number of ether oxygens (including phenoxy) is 2. The van der Waals surface area contributed by atoms with Gasteiger partial charge in [0.2, 0.25) is 5.78 Å². The van der Waals surface area contributed by atoms with Crippen molar-refractivity contribution in [2.24, 2.45) is 0 Å². The molecule has 0 spiro atoms. The predicted molar refractivity (Wildman–Crippen MR) is 113 cm³/mol. The Morgan fingerprint density at radius 1 is 1.03 bits per heavy atom. The topological polar surface area (TPSA) is 73.9 Å². The van der Waals surface area contributed by atoms with E-state index in [2.05, 4.69) is 21.2 Å². The summed E-state index contributed by atoms with van der Waals surface area (Å²) < 4.78 is 14.9. The van der Waals surface area contributed by atoms with E-state index in [-0.39, 0.29) is 5.56 Å². The van der Waals surface area contributed by atoms with Gasteiger partial charge >= 0.3 is 0 Å². The van der Waals surface area contributed by atoms with Gasteiger partial charge in [-0.25, -0.2) is 0 Å². The van der Waals surface area contributed by atoms with Crippen LogP contribution in [-0.2, 0) is 19.6 Å². The molecule has 8 heteroatoms. The minimum absolute atomic E-state index is 0.0378. The monoisotopic (exact) mass is 405 g/mol. The highest BCUT2D eigenvalue weighted by atomic mass is 16.6. The zero-order chi connectivity index (χ0) is 20.7. The molecule has 2 aromatic carbocycles. The van der Waals surface area contributed by atoms with E-state index >= 15 is 0 Å². The van der Waals surface area contributed by atoms with Crippen LogP contribution in [0.3, 0.4) is 0 Å². The highest BCUT2D eigenvalue weighted by Gasteiger charge is 2.17. The van der Waals surface area contributed by atoms with E-state index in [0.29, 0.717) is 37.5 Å². The SMILES string of the molecule is CCn1c(=O)c2ccccc2n2c(CN(C)Cc3ccc4c(c3)OCCO4)nnc12. The number of hydrogen-bond acceptors (Lipinski definition) is 6. The lowest BCUT2D eigenvalue weighted by atomic mass is 10.2. The predicted octanol–water partition coefficient (Wildman–Crippen LogP) is 2.47. The Morgan fingerprint density at radius 3 is 2.67 bits per heavy atom. The molecule has 0 radical (unpaired) electrons. The van der Waals surface area contributed by atoms with Crippen molar-refractivity contribution in [3.63, 3.8) is 0 Å². The molecule has 0 saturated carbocycles. The van der Waals surface area contributed by atoms with Crippen LogP contribution in [0.15, 0.2) is 47.3 Å². The Labute approximate surface area is 173 Å². The third-order valence-corrected chi connectivity index (χ3v) is 5.36. The number of nitrogens with zero attached hydrogens (tertiary/aromatic N) is 5. The highest BCUT2D eigenvalue weighted by molar-refractivity contribution is 5.80. The van der Waals surface area contributed by atoms with Crippen molar-refractivity contribution in [3.8, 4) is 11.5 Å². The quantitative estimate of drug-likeness (QED) is 0.508. The Bertz CT molecular complexity index is 1290. The average molecular weight is 405 g/mol. The Kier molecular flexibility index (Phi) is 4.63. The fourth-order valence-electron chi connectivity index (χ4n) is 4.00. The van der Waals surface area contributed by atoms with Crippen molar-refractivity contribution in [1.82, 2.24) is 24.1 Å². The first-order valence-corrected chi connectivity index (χ1v) is 10.1. The average Bonchev–Trinajstić information content (AvgIpc) is 3.17. The third-order valence-electron chi connectivity index (χ3n) is 5.36. The molecule has 0 aliphatic carbocycles. The molecule has 8 nitrogen and oxygen atoms in total. The summed E-state index contributed by atoms with van der Waals surface area (Å²) >= 11 is 0. The molecular formula is C22H23N5O3. The number of hydrogen-bond donors (Lipinski definition) is 0. The lowest BCUT2D eigenvalue weighted by molar-refractivity contribution is 0.171. The van der Waals surface area contributed by atoms with Crippen molar-refractivity contribution < 1.29 is 9.47 Å². The van der Waals surface area contributed by atoms with E-state index in [1.54, 1.807) is 4.57 Å². The fourth-order valence-corrected chi connectivity index (χ4v) is 4.00. The molecule has 0 bridgehead atoms. The lowest BCUT2D eigenvalue weighted by Gasteiger charge is -2.21. The summed E-state index contributed by atoms with van der Waals surface area (Å²) in [6, 6.07) is 13.6. The lowest BCUT2D eigenvalue weighted by Crippen LogP contribution is -2.24. The van der Waals surface area contributed by atoms with Gasteiger partial charge in [0.25, 0.3) is 5.56 Å². The second-order valence-corrected chi connectivity index (χ2v) is 7.47. The van der Waals surface area contributed by atoms with Gasteiger partial charge in [0, 0.05) is 13.1 Å². The van der Waals surface area contributed by atoms with Gasteiger partial charge in [-0.05, 0) is 43.8 Å². The van der Waals surface area contributed by atoms with Crippen molar-refractivity contribution in [2.45, 2.75) is 26.6 Å². The zero-order valence-electron chi connectivity index (χ0n) is 17.0. The molecule has 2 aromatic heterocycles. The van der Waals surface area contributed by atoms with Crippen LogP contribution >= 0.6 is 0 Å². The van der Waals surface area contributed by atoms with Crippen LogP contribution in [0.5, 0.6) is 11.5 Å². The number of para-hydroxylation sites is 1. The Hall–Kier alpha value is -3.39. The molecule has 30 heavy (non-hydrogen) atoms. The van der Waals surface area contributed by atoms with Crippen LogP contribution in [0.4, 0.5) is 0 Å². The summed E-state index contributed by atoms with van der Waals surface area (Å²) in [6.07, 6.45) is 0. The molecule has 1 aliphatic heterocycles. The molecular weight excluding hydrogens is 382 g/mol. The largest absolute Gasteiger partial charge is 0.486 e. The molecule has 0 fully saturated rings. The summed E-state index contributed by atoms with van der Waals surface area (Å²) in [5, 5.41) is 9.41. The molecule has 154 valence electrons. The first-order chi connectivity index (χ1) is 14.7. The minimum atomic E-state index is -0.0378. The van der Waals surface area contributed by atoms with E-state index in [4.69, 9.17) is 9.47 Å². The van der Waals surface area contributed by atoms with Gasteiger partial charge in [-0.3, -0.25) is 18.7 Å². The maximum absolute atomic E-state index is 12.8. The van der Waals surface area contributed by atoms with Crippen LogP contribution in [0, 0.1) is 0 Å². The standard InChI is InChI=1S/C22H23N5O3/c1-3-26-21(28)16-6-4-5-7-17(16)27-20(23-24-22(26)27)14-25(2)13-15-8-9-18-19(12-15)30-11-10-29-18/h4-9,12H,3,10-11,13-14H2,1-2H3. The third kappa shape index (κ3) is 3.09. The first-order valence-electron chi connectivity index (χ1n) is 10.1. The van der Waals surface area contributed by atoms with Crippen LogP contribution in [0.1, 0.15) is 18.3 Å². The van der Waals surface area contributed by atoms with Crippen LogP contribution in [0.25, 0.3) is 16.7 Å². The maximum atomic E-state index is 12.8. The summed E-state index contributed by atoms with van der Waals surface area (Å²) in [5.74, 6) is 2.95. The highest BCUT2D eigenvalue weighted by Crippen LogP contribution is 2.31. The van der Waals surface area contributed by atoms with Gasteiger partial charge in [-0.1, -0.05) is 18.2 Å². The second-order valence-electron chi connectivity index (χ2n) is 7.47. The molecule has 0 atom stereocenters. The van der Waals surface area contributed by atoms with Gasteiger partial charge in [0.15, 0.2) is 17.3 Å². The van der Waals surface area contributed by atoms with E-state index in [1.807, 2.05) is 54.8 Å². The number of rotatable bonds is 5. The van der Waals surface area contributed by atoms with Gasteiger partial charge < -0.3 is 9.47 Å². The zero-order valence-corrected chi connectivity index (χ0v) is 17.0. The number of fused-ring (bicyclic) bond motifs is 4. The van der Waals surface area contributed by atoms with Crippen molar-refractivity contribution in [3.05, 3.63) is 64.2 Å². The molecule has 0 unspecified atom stereocenters. The van der Waals surface area contributed by atoms with E-state index in [1.165, 1.54) is 0 Å². The molecule has 0 N–H and O–H groups in total. The Morgan fingerprint density at radius 2 is 1.83 bits per heavy atom. The summed E-state index contributed by atoms with van der Waals surface area (Å²) in [4.78, 5) is 15.0. The molecule has 0 saturated heterocycles. The van der Waals surface area contributed by atoms with Crippen molar-refractivity contribution >= 4 is 16.7 Å². The molecule has 1 aliphatic rings. The normalized spacial score (nSPS) is 13.4. The molecule has 3 heterocycles. The van der Waals surface area contributed by atoms with Gasteiger partial charge in [0.05, 0.1) is 17.4 Å². The second kappa shape index (κ2) is 7.46. The number of benzene rings is 2. The van der Waals surface area contributed by atoms with Gasteiger partial charge in [-0.15, -0.1) is 10.2 Å². The van der Waals surface area contributed by atoms with E-state index in [0.717, 1.165) is 34.9 Å². The van der Waals surface area contributed by atoms with Crippen LogP contribution in [0.2, 0.25) is 0 Å². The summed E-state index contributed by atoms with van der Waals surface area (Å²) in [7, 11) is 2.04. The van der Waals surface area contributed by atoms with E-state index < -0.39 is 0 Å². The smallest absolute Gasteiger partial charge is 0.262 e. The van der Waals surface area contributed by atoms with Crippen LogP contribution in [-0.4, -0.2) is 44.3 Å². The minimum Gasteiger partial charge on any atom is -0.486 e. The maximum Gasteiger partial charge on any atom is 0.262 e. The Balaban J connectivity index is 1.48. The van der Waals surface area contributed by atoms with Crippen molar-refractivity contribution in [2.75, 3.05) is 20.3 Å². The number of aromatic nitrogens is 4. The number of aryl methyl sites for hydroxylation is 1. The molecule has 5 rings (SSSR count). The van der Waals surface area contributed by atoms with Crippen molar-refractivity contribution in [1.29, 1.82) is 0 Å². The summed E-state index contributed by atoms with van der Waals surface area (Å²) in [5.41, 5.74) is 1.92. The van der Waals surface area contributed by atoms with Crippen LogP contribution < -0.4 is 15.0 Å². The molecule has 0 amide bonds. The van der Waals surface area contributed by atoms with Gasteiger partial charge in [-0.2, -0.15) is 0 Å². The fraction of sp³-hybridized carbons (Fsp3) is 0.318. The summed E-state index contributed by atoms with van der Waals surface area (Å²) in [6.45, 7) is 4.95. The van der Waals surface area contributed by atoms with E-state index in [9.17, 15) is 4.79 Å². The molecule has 4 aromatic rings. The van der Waals surface area contributed by atoms with Gasteiger partial charge in [0.1, 0.15) is 13.2 Å². The first kappa shape index (κ1) is 18.6.